The summed E-state index contributed by atoms with van der Waals surface area (Å²) < 4.78 is 5.12. The normalized spacial score (nSPS) is 10.1. The van der Waals surface area contributed by atoms with Gasteiger partial charge in [0.25, 0.3) is 0 Å². The lowest BCUT2D eigenvalue weighted by atomic mass is 10.2. The lowest BCUT2D eigenvalue weighted by molar-refractivity contribution is 0.414. The zero-order valence-electron chi connectivity index (χ0n) is 10.4. The zero-order chi connectivity index (χ0) is 12.8. The Kier molecular flexibility index (Phi) is 4.41. The van der Waals surface area contributed by atoms with E-state index in [-0.39, 0.29) is 0 Å². The summed E-state index contributed by atoms with van der Waals surface area (Å²) in [6.45, 7) is 0.731. The van der Waals surface area contributed by atoms with E-state index in [9.17, 15) is 0 Å². The molecule has 0 atom stereocenters. The van der Waals surface area contributed by atoms with Crippen molar-refractivity contribution in [2.45, 2.75) is 11.4 Å². The van der Waals surface area contributed by atoms with Crippen molar-refractivity contribution in [3.05, 3.63) is 42.4 Å². The fourth-order valence-electron chi connectivity index (χ4n) is 1.53. The Morgan fingerprint density at radius 2 is 2.06 bits per heavy atom. The number of nitrogens with zero attached hydrogens (tertiary/aromatic N) is 2. The molecule has 0 aliphatic carbocycles. The lowest BCUT2D eigenvalue weighted by Crippen LogP contribution is -2.02. The Hall–Kier alpha value is -1.75. The Balaban J connectivity index is 2.02. The molecule has 0 bridgehead atoms. The molecule has 0 aliphatic rings. The van der Waals surface area contributed by atoms with Gasteiger partial charge in [-0.25, -0.2) is 9.97 Å². The number of methoxy groups -OCH3 is 1. The van der Waals surface area contributed by atoms with Crippen LogP contribution in [-0.2, 0) is 6.54 Å². The third kappa shape index (κ3) is 3.13. The van der Waals surface area contributed by atoms with E-state index in [2.05, 4.69) is 15.3 Å². The summed E-state index contributed by atoms with van der Waals surface area (Å²) in [6.07, 6.45) is 5.38. The predicted molar refractivity (Wildman–Crippen MR) is 74.1 cm³/mol. The number of benzene rings is 1. The number of hydrogen-bond acceptors (Lipinski definition) is 5. The quantitative estimate of drug-likeness (QED) is 0.839. The molecule has 1 heterocycles. The van der Waals surface area contributed by atoms with E-state index in [0.717, 1.165) is 23.0 Å². The highest BCUT2D eigenvalue weighted by molar-refractivity contribution is 7.98. The molecule has 0 unspecified atom stereocenters. The molecule has 0 radical (unpaired) electrons. The topological polar surface area (TPSA) is 47.0 Å². The molecule has 18 heavy (non-hydrogen) atoms. The highest BCUT2D eigenvalue weighted by atomic mass is 32.2. The second-order valence-corrected chi connectivity index (χ2v) is 4.49. The van der Waals surface area contributed by atoms with Gasteiger partial charge in [0.1, 0.15) is 17.9 Å². The number of aromatic nitrogens is 2. The fraction of sp³-hybridized carbons (Fsp3) is 0.231. The Morgan fingerprint density at radius 3 is 2.72 bits per heavy atom. The van der Waals surface area contributed by atoms with Crippen LogP contribution < -0.4 is 10.1 Å². The molecule has 0 saturated heterocycles. The van der Waals surface area contributed by atoms with Gasteiger partial charge < -0.3 is 10.1 Å². The van der Waals surface area contributed by atoms with Gasteiger partial charge in [-0.15, -0.1) is 11.8 Å². The van der Waals surface area contributed by atoms with Gasteiger partial charge in [0.05, 0.1) is 12.0 Å². The average molecular weight is 261 g/mol. The number of thioether (sulfide) groups is 1. The van der Waals surface area contributed by atoms with Crippen molar-refractivity contribution in [3.63, 3.8) is 0 Å². The molecule has 0 amide bonds. The van der Waals surface area contributed by atoms with Crippen LogP contribution in [0, 0.1) is 0 Å². The first-order valence-electron chi connectivity index (χ1n) is 5.54. The van der Waals surface area contributed by atoms with Gasteiger partial charge in [-0.1, -0.05) is 12.1 Å². The maximum Gasteiger partial charge on any atom is 0.143 e. The maximum atomic E-state index is 5.12. The minimum absolute atomic E-state index is 0.731. The molecule has 2 aromatic rings. The minimum atomic E-state index is 0.731. The number of ether oxygens (including phenoxy) is 1. The van der Waals surface area contributed by atoms with Gasteiger partial charge in [0.15, 0.2) is 0 Å². The van der Waals surface area contributed by atoms with E-state index in [1.54, 1.807) is 25.2 Å². The van der Waals surface area contributed by atoms with Crippen molar-refractivity contribution in [1.29, 1.82) is 0 Å². The van der Waals surface area contributed by atoms with Gasteiger partial charge in [0, 0.05) is 12.7 Å². The van der Waals surface area contributed by atoms with Gasteiger partial charge in [-0.3, -0.25) is 0 Å². The summed E-state index contributed by atoms with van der Waals surface area (Å²) >= 11 is 1.63. The molecule has 0 fully saturated rings. The summed E-state index contributed by atoms with van der Waals surface area (Å²) in [5.41, 5.74) is 1.18. The van der Waals surface area contributed by atoms with Crippen LogP contribution in [-0.4, -0.2) is 23.3 Å². The van der Waals surface area contributed by atoms with Crippen molar-refractivity contribution < 1.29 is 4.74 Å². The maximum absolute atomic E-state index is 5.12. The lowest BCUT2D eigenvalue weighted by Gasteiger charge is -2.09. The first-order chi connectivity index (χ1) is 8.83. The molecular weight excluding hydrogens is 246 g/mol. The molecule has 4 nitrogen and oxygen atoms in total. The molecule has 1 aromatic carbocycles. The van der Waals surface area contributed by atoms with Gasteiger partial charge in [0.2, 0.25) is 0 Å². The van der Waals surface area contributed by atoms with E-state index in [0.29, 0.717) is 0 Å². The van der Waals surface area contributed by atoms with Crippen LogP contribution in [0.4, 0.5) is 5.82 Å². The van der Waals surface area contributed by atoms with Crippen LogP contribution in [0.2, 0.25) is 0 Å². The molecule has 94 valence electrons. The first-order valence-corrected chi connectivity index (χ1v) is 6.76. The molecule has 0 spiro atoms. The first kappa shape index (κ1) is 12.7. The van der Waals surface area contributed by atoms with Crippen molar-refractivity contribution >= 4 is 17.6 Å². The summed E-state index contributed by atoms with van der Waals surface area (Å²) in [5.74, 6) is 1.74. The van der Waals surface area contributed by atoms with Crippen LogP contribution in [0.3, 0.4) is 0 Å². The Bertz CT molecular complexity index is 502. The predicted octanol–water partition coefficient (Wildman–Crippen LogP) is 2.82. The second-order valence-electron chi connectivity index (χ2n) is 3.64. The van der Waals surface area contributed by atoms with Crippen LogP contribution in [0.15, 0.2) is 41.7 Å². The Labute approximate surface area is 111 Å². The molecule has 0 aliphatic heterocycles. The number of rotatable bonds is 5. The molecule has 2 rings (SSSR count). The van der Waals surface area contributed by atoms with Crippen LogP contribution in [0.5, 0.6) is 5.75 Å². The second kappa shape index (κ2) is 6.26. The summed E-state index contributed by atoms with van der Waals surface area (Å²) in [4.78, 5) is 9.28. The largest absolute Gasteiger partial charge is 0.497 e. The standard InChI is InChI=1S/C13H15N3OS/c1-17-11-5-3-10(4-6-11)7-15-13-12(18-2)8-14-9-16-13/h3-6,8-9H,7H2,1-2H3,(H,14,15,16). The van der Waals surface area contributed by atoms with Gasteiger partial charge >= 0.3 is 0 Å². The van der Waals surface area contributed by atoms with Crippen molar-refractivity contribution in [3.8, 4) is 5.75 Å². The van der Waals surface area contributed by atoms with Gasteiger partial charge in [-0.2, -0.15) is 0 Å². The summed E-state index contributed by atoms with van der Waals surface area (Å²) in [5, 5.41) is 3.31. The smallest absolute Gasteiger partial charge is 0.143 e. The number of hydrogen-bond donors (Lipinski definition) is 1. The SMILES string of the molecule is COc1ccc(CNc2ncncc2SC)cc1. The molecule has 1 N–H and O–H groups in total. The summed E-state index contributed by atoms with van der Waals surface area (Å²) in [7, 11) is 1.67. The van der Waals surface area contributed by atoms with E-state index < -0.39 is 0 Å². The molecule has 0 saturated carbocycles. The van der Waals surface area contributed by atoms with Crippen LogP contribution >= 0.6 is 11.8 Å². The van der Waals surface area contributed by atoms with Crippen molar-refractivity contribution in [2.24, 2.45) is 0 Å². The third-order valence-corrected chi connectivity index (χ3v) is 3.26. The van der Waals surface area contributed by atoms with Crippen molar-refractivity contribution in [2.75, 3.05) is 18.7 Å². The van der Waals surface area contributed by atoms with E-state index in [4.69, 9.17) is 4.74 Å². The highest BCUT2D eigenvalue weighted by Crippen LogP contribution is 2.21. The molecule has 5 heteroatoms. The summed E-state index contributed by atoms with van der Waals surface area (Å²) in [6, 6.07) is 7.97. The third-order valence-electron chi connectivity index (χ3n) is 2.52. The minimum Gasteiger partial charge on any atom is -0.497 e. The number of nitrogens with one attached hydrogen (secondary N) is 1. The fourth-order valence-corrected chi connectivity index (χ4v) is 2.01. The van der Waals surface area contributed by atoms with Gasteiger partial charge in [-0.05, 0) is 24.0 Å². The molecule has 1 aromatic heterocycles. The number of anilines is 1. The van der Waals surface area contributed by atoms with Crippen molar-refractivity contribution in [1.82, 2.24) is 9.97 Å². The van der Waals surface area contributed by atoms with E-state index in [1.165, 1.54) is 5.56 Å². The van der Waals surface area contributed by atoms with Crippen LogP contribution in [0.25, 0.3) is 0 Å². The Morgan fingerprint density at radius 1 is 1.28 bits per heavy atom. The molecular formula is C13H15N3OS. The van der Waals surface area contributed by atoms with E-state index in [1.807, 2.05) is 36.7 Å². The average Bonchev–Trinajstić information content (AvgIpc) is 2.46. The van der Waals surface area contributed by atoms with E-state index >= 15 is 0 Å². The highest BCUT2D eigenvalue weighted by Gasteiger charge is 2.02. The monoisotopic (exact) mass is 261 g/mol. The zero-order valence-corrected chi connectivity index (χ0v) is 11.2. The van der Waals surface area contributed by atoms with Crippen LogP contribution in [0.1, 0.15) is 5.56 Å².